The van der Waals surface area contributed by atoms with Crippen LogP contribution in [0, 0.1) is 11.8 Å². The number of hydrogen-bond donors (Lipinski definition) is 2. The van der Waals surface area contributed by atoms with Crippen LogP contribution in [0.3, 0.4) is 0 Å². The first-order valence-electron chi connectivity index (χ1n) is 18.3. The Hall–Kier alpha value is -5.05. The maximum absolute atomic E-state index is 13.7. The van der Waals surface area contributed by atoms with E-state index in [4.69, 9.17) is 4.74 Å². The lowest BCUT2D eigenvalue weighted by Gasteiger charge is -2.24. The lowest BCUT2D eigenvalue weighted by Crippen LogP contribution is -2.49. The van der Waals surface area contributed by atoms with Gasteiger partial charge in [0.25, 0.3) is 5.91 Å². The lowest BCUT2D eigenvalue weighted by molar-refractivity contribution is -0.141. The minimum absolute atomic E-state index is 0.133. The van der Waals surface area contributed by atoms with Crippen LogP contribution in [0.1, 0.15) is 80.8 Å². The Kier molecular flexibility index (Phi) is 13.3. The fourth-order valence-electron chi connectivity index (χ4n) is 6.38. The predicted octanol–water partition coefficient (Wildman–Crippen LogP) is 7.63. The summed E-state index contributed by atoms with van der Waals surface area (Å²) in [4.78, 5) is 49.4. The highest BCUT2D eigenvalue weighted by Crippen LogP contribution is 2.24. The molecule has 1 aliphatic rings. The number of unbranched alkanes of at least 4 members (excludes halogenated alkanes) is 4. The molecule has 0 aliphatic carbocycles. The molecule has 0 saturated carbocycles. The van der Waals surface area contributed by atoms with Gasteiger partial charge < -0.3 is 20.1 Å². The first-order valence-corrected chi connectivity index (χ1v) is 18.3. The summed E-state index contributed by atoms with van der Waals surface area (Å²) in [5.74, 6) is -0.213. The zero-order chi connectivity index (χ0) is 36.2. The van der Waals surface area contributed by atoms with E-state index in [1.54, 1.807) is 29.4 Å². The summed E-state index contributed by atoms with van der Waals surface area (Å²) in [5.41, 5.74) is 5.19. The fraction of sp³-hybridized carbons (Fsp3) is 0.405. The van der Waals surface area contributed by atoms with Crippen molar-refractivity contribution in [3.63, 3.8) is 0 Å². The SMILES string of the molecule is CCCCCCCOc1ccc(-c2cnc(-c3ccc(C[C@H](NC(=O)c4ccc(CC(C)C)cc4)C(=O)N4CC[C@H](C(=O)O)C4)cc3)nc2)cc1. The highest BCUT2D eigenvalue weighted by atomic mass is 16.5. The number of carboxylic acid groups (broad SMARTS) is 1. The Morgan fingerprint density at radius 2 is 1.45 bits per heavy atom. The van der Waals surface area contributed by atoms with E-state index in [-0.39, 0.29) is 24.8 Å². The number of ether oxygens (including phenoxy) is 1. The van der Waals surface area contributed by atoms with Gasteiger partial charge in [0, 0.05) is 48.6 Å². The maximum atomic E-state index is 13.7. The van der Waals surface area contributed by atoms with Crippen molar-refractivity contribution in [2.24, 2.45) is 11.8 Å². The highest BCUT2D eigenvalue weighted by molar-refractivity contribution is 5.97. The second-order valence-corrected chi connectivity index (χ2v) is 13.9. The fourth-order valence-corrected chi connectivity index (χ4v) is 6.38. The molecule has 1 saturated heterocycles. The first kappa shape index (κ1) is 37.2. The van der Waals surface area contributed by atoms with E-state index in [0.29, 0.717) is 30.3 Å². The number of rotatable bonds is 17. The first-order chi connectivity index (χ1) is 24.7. The number of likely N-dealkylation sites (tertiary alicyclic amines) is 1. The second kappa shape index (κ2) is 18.3. The third-order valence-electron chi connectivity index (χ3n) is 9.32. The van der Waals surface area contributed by atoms with Crippen molar-refractivity contribution in [2.75, 3.05) is 19.7 Å². The zero-order valence-corrected chi connectivity index (χ0v) is 30.0. The summed E-state index contributed by atoms with van der Waals surface area (Å²) < 4.78 is 5.90. The third kappa shape index (κ3) is 10.7. The standard InChI is InChI=1S/C42H50N4O5/c1-4-5-6-7-8-23-51-37-19-17-32(18-20-37)36-26-43-39(44-27-36)33-13-9-31(10-14-33)25-38(41(48)46-22-21-35(28-46)42(49)50)45-40(47)34-15-11-30(12-16-34)24-29(2)3/h9-20,26-27,29,35,38H,4-8,21-25,28H2,1-3H3,(H,45,47)(H,49,50)/t35-,38-/m0/s1. The van der Waals surface area contributed by atoms with Crippen molar-refractivity contribution in [2.45, 2.75) is 78.2 Å². The zero-order valence-electron chi connectivity index (χ0n) is 30.0. The molecule has 51 heavy (non-hydrogen) atoms. The predicted molar refractivity (Wildman–Crippen MR) is 199 cm³/mol. The summed E-state index contributed by atoms with van der Waals surface area (Å²) in [6, 6.07) is 22.2. The minimum atomic E-state index is -0.912. The largest absolute Gasteiger partial charge is 0.494 e. The van der Waals surface area contributed by atoms with Crippen molar-refractivity contribution in [3.8, 4) is 28.3 Å². The van der Waals surface area contributed by atoms with E-state index < -0.39 is 17.9 Å². The Labute approximate surface area is 301 Å². The average molecular weight is 691 g/mol. The summed E-state index contributed by atoms with van der Waals surface area (Å²) >= 11 is 0. The summed E-state index contributed by atoms with van der Waals surface area (Å²) in [6.07, 6.45) is 11.2. The van der Waals surface area contributed by atoms with Crippen molar-refractivity contribution in [1.82, 2.24) is 20.2 Å². The van der Waals surface area contributed by atoms with Crippen LogP contribution in [-0.2, 0) is 22.4 Å². The molecule has 0 unspecified atom stereocenters. The number of aliphatic carboxylic acids is 1. The number of carbonyl (C=O) groups is 3. The van der Waals surface area contributed by atoms with Gasteiger partial charge in [-0.1, -0.05) is 95.0 Å². The molecule has 3 aromatic carbocycles. The molecule has 0 spiro atoms. The van der Waals surface area contributed by atoms with Gasteiger partial charge >= 0.3 is 5.97 Å². The van der Waals surface area contributed by atoms with Crippen LogP contribution in [0.25, 0.3) is 22.5 Å². The maximum Gasteiger partial charge on any atom is 0.308 e. The molecule has 1 aromatic heterocycles. The molecule has 0 radical (unpaired) electrons. The molecule has 2 N–H and O–H groups in total. The number of aromatic nitrogens is 2. The third-order valence-corrected chi connectivity index (χ3v) is 9.32. The number of amides is 2. The van der Waals surface area contributed by atoms with Gasteiger partial charge in [0.05, 0.1) is 12.5 Å². The molecule has 4 aromatic rings. The Bertz CT molecular complexity index is 1720. The molecule has 5 rings (SSSR count). The Balaban J connectivity index is 1.22. The molecule has 2 atom stereocenters. The Morgan fingerprint density at radius 1 is 0.824 bits per heavy atom. The van der Waals surface area contributed by atoms with Gasteiger partial charge in [0.2, 0.25) is 5.91 Å². The molecule has 0 bridgehead atoms. The normalized spacial score (nSPS) is 14.7. The molecule has 9 nitrogen and oxygen atoms in total. The van der Waals surface area contributed by atoms with E-state index in [9.17, 15) is 19.5 Å². The van der Waals surface area contributed by atoms with Crippen LogP contribution in [0.4, 0.5) is 0 Å². The van der Waals surface area contributed by atoms with E-state index in [1.165, 1.54) is 25.7 Å². The second-order valence-electron chi connectivity index (χ2n) is 13.9. The van der Waals surface area contributed by atoms with Crippen molar-refractivity contribution < 1.29 is 24.2 Å². The van der Waals surface area contributed by atoms with Gasteiger partial charge in [-0.25, -0.2) is 9.97 Å². The van der Waals surface area contributed by atoms with Crippen molar-refractivity contribution >= 4 is 17.8 Å². The minimum Gasteiger partial charge on any atom is -0.494 e. The van der Waals surface area contributed by atoms with Crippen molar-refractivity contribution in [1.29, 1.82) is 0 Å². The summed E-state index contributed by atoms with van der Waals surface area (Å²) in [6.45, 7) is 7.71. The molecule has 1 fully saturated rings. The number of hydrogen-bond acceptors (Lipinski definition) is 6. The number of carbonyl (C=O) groups excluding carboxylic acids is 2. The molecule has 2 heterocycles. The van der Waals surface area contributed by atoms with Gasteiger partial charge in [0.1, 0.15) is 11.8 Å². The molecule has 9 heteroatoms. The highest BCUT2D eigenvalue weighted by Gasteiger charge is 2.35. The summed E-state index contributed by atoms with van der Waals surface area (Å²) in [5, 5.41) is 12.4. The van der Waals surface area contributed by atoms with Gasteiger partial charge in [-0.05, 0) is 66.1 Å². The van der Waals surface area contributed by atoms with E-state index in [1.807, 2.05) is 60.7 Å². The average Bonchev–Trinajstić information content (AvgIpc) is 3.64. The van der Waals surface area contributed by atoms with Crippen LogP contribution in [-0.4, -0.2) is 63.5 Å². The number of nitrogens with zero attached hydrogens (tertiary/aromatic N) is 3. The number of benzene rings is 3. The van der Waals surface area contributed by atoms with Crippen LogP contribution in [0.5, 0.6) is 5.75 Å². The number of nitrogens with one attached hydrogen (secondary N) is 1. The monoisotopic (exact) mass is 690 g/mol. The molecular weight excluding hydrogens is 640 g/mol. The molecule has 268 valence electrons. The summed E-state index contributed by atoms with van der Waals surface area (Å²) in [7, 11) is 0. The van der Waals surface area contributed by atoms with E-state index in [0.717, 1.165) is 53.0 Å². The van der Waals surface area contributed by atoms with Gasteiger partial charge in [-0.3, -0.25) is 14.4 Å². The topological polar surface area (TPSA) is 122 Å². The van der Waals surface area contributed by atoms with E-state index >= 15 is 0 Å². The van der Waals surface area contributed by atoms with Crippen LogP contribution < -0.4 is 10.1 Å². The van der Waals surface area contributed by atoms with Crippen LogP contribution in [0.2, 0.25) is 0 Å². The molecule has 2 amide bonds. The lowest BCUT2D eigenvalue weighted by atomic mass is 10.0. The quantitative estimate of drug-likeness (QED) is 0.109. The Morgan fingerprint density at radius 3 is 2.08 bits per heavy atom. The van der Waals surface area contributed by atoms with Crippen LogP contribution >= 0.6 is 0 Å². The van der Waals surface area contributed by atoms with E-state index in [2.05, 4.69) is 36.1 Å². The van der Waals surface area contributed by atoms with Gasteiger partial charge in [-0.2, -0.15) is 0 Å². The van der Waals surface area contributed by atoms with Gasteiger partial charge in [0.15, 0.2) is 5.82 Å². The van der Waals surface area contributed by atoms with Crippen LogP contribution in [0.15, 0.2) is 85.2 Å². The van der Waals surface area contributed by atoms with Gasteiger partial charge in [-0.15, -0.1) is 0 Å². The number of carboxylic acids is 1. The molecule has 1 aliphatic heterocycles. The van der Waals surface area contributed by atoms with Crippen molar-refractivity contribution in [3.05, 3.63) is 102 Å². The smallest absolute Gasteiger partial charge is 0.308 e. The molecular formula is C42H50N4O5.